The van der Waals surface area contributed by atoms with E-state index >= 15 is 0 Å². The van der Waals surface area contributed by atoms with E-state index in [4.69, 9.17) is 0 Å². The molecule has 0 N–H and O–H groups in total. The van der Waals surface area contributed by atoms with Crippen molar-refractivity contribution in [1.82, 2.24) is 9.55 Å². The van der Waals surface area contributed by atoms with Crippen LogP contribution in [0.4, 0.5) is 10.1 Å². The van der Waals surface area contributed by atoms with E-state index < -0.39 is 0 Å². The van der Waals surface area contributed by atoms with Crippen molar-refractivity contribution >= 4 is 17.0 Å². The lowest BCUT2D eigenvalue weighted by atomic mass is 10.1. The molecule has 0 aliphatic carbocycles. The van der Waals surface area contributed by atoms with Crippen molar-refractivity contribution < 1.29 is 4.39 Å². The number of aryl methyl sites for hydroxylation is 1. The van der Waals surface area contributed by atoms with Gasteiger partial charge in [0, 0.05) is 30.2 Å². The van der Waals surface area contributed by atoms with Crippen LogP contribution < -0.4 is 4.80 Å². The lowest BCUT2D eigenvalue weighted by molar-refractivity contribution is 0.626. The molecule has 0 radical (unpaired) electrons. The standard InChI is InChI=1S/C22H18FN3S/c23-19-11-4-5-12-20(19)25-22-26(15-13-18-10-6-7-14-24-18)21(16-27-22)17-8-2-1-3-9-17/h1-12,14,16H,13,15H2. The quantitative estimate of drug-likeness (QED) is 0.470. The van der Waals surface area contributed by atoms with E-state index in [9.17, 15) is 4.39 Å². The maximum Gasteiger partial charge on any atom is 0.190 e. The zero-order valence-corrected chi connectivity index (χ0v) is 15.4. The number of benzene rings is 2. The highest BCUT2D eigenvalue weighted by atomic mass is 32.1. The number of halogens is 1. The van der Waals surface area contributed by atoms with Gasteiger partial charge in [0.05, 0.1) is 5.69 Å². The van der Waals surface area contributed by atoms with Gasteiger partial charge in [-0.1, -0.05) is 48.5 Å². The van der Waals surface area contributed by atoms with Gasteiger partial charge in [-0.3, -0.25) is 4.98 Å². The van der Waals surface area contributed by atoms with Crippen molar-refractivity contribution in [3.8, 4) is 11.3 Å². The Hall–Kier alpha value is -3.05. The Morgan fingerprint density at radius 1 is 0.926 bits per heavy atom. The molecule has 2 aromatic heterocycles. The molecule has 3 nitrogen and oxygen atoms in total. The topological polar surface area (TPSA) is 30.2 Å². The van der Waals surface area contributed by atoms with Crippen LogP contribution >= 0.6 is 11.3 Å². The summed E-state index contributed by atoms with van der Waals surface area (Å²) >= 11 is 1.52. The lowest BCUT2D eigenvalue weighted by Gasteiger charge is -2.09. The van der Waals surface area contributed by atoms with E-state index in [1.54, 1.807) is 24.4 Å². The summed E-state index contributed by atoms with van der Waals surface area (Å²) in [6.07, 6.45) is 2.58. The Morgan fingerprint density at radius 3 is 2.48 bits per heavy atom. The molecule has 0 amide bonds. The number of thiazole rings is 1. The van der Waals surface area contributed by atoms with E-state index in [0.717, 1.165) is 34.7 Å². The fourth-order valence-corrected chi connectivity index (χ4v) is 3.84. The van der Waals surface area contributed by atoms with Crippen LogP contribution in [0.3, 0.4) is 0 Å². The first-order valence-electron chi connectivity index (χ1n) is 8.74. The van der Waals surface area contributed by atoms with Crippen LogP contribution in [0.15, 0.2) is 89.4 Å². The van der Waals surface area contributed by atoms with Gasteiger partial charge >= 0.3 is 0 Å². The highest BCUT2D eigenvalue weighted by Crippen LogP contribution is 2.22. The maximum atomic E-state index is 14.1. The summed E-state index contributed by atoms with van der Waals surface area (Å²) in [4.78, 5) is 9.77. The summed E-state index contributed by atoms with van der Waals surface area (Å²) in [7, 11) is 0. The molecule has 0 aliphatic heterocycles. The fourth-order valence-electron chi connectivity index (χ4n) is 2.89. The molecule has 0 atom stereocenters. The Kier molecular flexibility index (Phi) is 5.21. The molecule has 5 heteroatoms. The number of nitrogens with zero attached hydrogens (tertiary/aromatic N) is 3. The third-order valence-corrected chi connectivity index (χ3v) is 5.12. The monoisotopic (exact) mass is 375 g/mol. The predicted octanol–water partition coefficient (Wildman–Crippen LogP) is 5.23. The fraction of sp³-hybridized carbons (Fsp3) is 0.0909. The summed E-state index contributed by atoms with van der Waals surface area (Å²) in [5, 5.41) is 2.08. The first kappa shape index (κ1) is 17.4. The van der Waals surface area contributed by atoms with Crippen molar-refractivity contribution in [2.24, 2.45) is 4.99 Å². The van der Waals surface area contributed by atoms with Crippen molar-refractivity contribution in [2.45, 2.75) is 13.0 Å². The average Bonchev–Trinajstić information content (AvgIpc) is 3.12. The molecule has 134 valence electrons. The summed E-state index contributed by atoms with van der Waals surface area (Å²) < 4.78 is 16.2. The molecular weight excluding hydrogens is 357 g/mol. The van der Waals surface area contributed by atoms with Crippen LogP contribution in [0.2, 0.25) is 0 Å². The second-order valence-electron chi connectivity index (χ2n) is 6.06. The SMILES string of the molecule is Fc1ccccc1N=c1scc(-c2ccccc2)n1CCc1ccccn1. The molecule has 0 bridgehead atoms. The van der Waals surface area contributed by atoms with Crippen LogP contribution in [0.25, 0.3) is 11.3 Å². The van der Waals surface area contributed by atoms with Gasteiger partial charge in [0.15, 0.2) is 4.80 Å². The molecule has 2 heterocycles. The van der Waals surface area contributed by atoms with E-state index in [2.05, 4.69) is 32.1 Å². The first-order chi connectivity index (χ1) is 13.3. The van der Waals surface area contributed by atoms with Crippen LogP contribution in [0.5, 0.6) is 0 Å². The molecule has 0 saturated heterocycles. The molecule has 0 spiro atoms. The number of aromatic nitrogens is 2. The summed E-state index contributed by atoms with van der Waals surface area (Å²) in [5.41, 5.74) is 3.56. The third-order valence-electron chi connectivity index (χ3n) is 4.25. The molecule has 2 aromatic carbocycles. The Bertz CT molecular complexity index is 1090. The van der Waals surface area contributed by atoms with Crippen LogP contribution in [0, 0.1) is 5.82 Å². The van der Waals surface area contributed by atoms with E-state index in [1.807, 2.05) is 36.4 Å². The highest BCUT2D eigenvalue weighted by Gasteiger charge is 2.09. The van der Waals surface area contributed by atoms with Crippen molar-refractivity contribution in [3.63, 3.8) is 0 Å². The van der Waals surface area contributed by atoms with Gasteiger partial charge in [0.1, 0.15) is 11.5 Å². The second-order valence-corrected chi connectivity index (χ2v) is 6.89. The molecular formula is C22H18FN3S. The minimum Gasteiger partial charge on any atom is -0.316 e. The average molecular weight is 375 g/mol. The van der Waals surface area contributed by atoms with Crippen molar-refractivity contribution in [1.29, 1.82) is 0 Å². The van der Waals surface area contributed by atoms with Crippen LogP contribution in [-0.4, -0.2) is 9.55 Å². The maximum absolute atomic E-state index is 14.1. The first-order valence-corrected chi connectivity index (χ1v) is 9.62. The van der Waals surface area contributed by atoms with Gasteiger partial charge in [0.2, 0.25) is 0 Å². The smallest absolute Gasteiger partial charge is 0.190 e. The number of para-hydroxylation sites is 1. The lowest BCUT2D eigenvalue weighted by Crippen LogP contribution is -2.17. The van der Waals surface area contributed by atoms with E-state index in [0.29, 0.717) is 5.69 Å². The number of hydrogen-bond acceptors (Lipinski definition) is 3. The zero-order valence-electron chi connectivity index (χ0n) is 14.6. The minimum atomic E-state index is -0.316. The Labute approximate surface area is 161 Å². The normalized spacial score (nSPS) is 11.7. The molecule has 0 saturated carbocycles. The highest BCUT2D eigenvalue weighted by molar-refractivity contribution is 7.07. The van der Waals surface area contributed by atoms with Gasteiger partial charge in [-0.25, -0.2) is 9.38 Å². The second kappa shape index (κ2) is 8.10. The molecule has 4 rings (SSSR count). The number of pyridine rings is 1. The summed E-state index contributed by atoms with van der Waals surface area (Å²) in [5.74, 6) is -0.316. The van der Waals surface area contributed by atoms with Gasteiger partial charge in [-0.05, 0) is 29.8 Å². The number of rotatable bonds is 5. The van der Waals surface area contributed by atoms with Crippen molar-refractivity contribution in [3.05, 3.63) is 101 Å². The molecule has 0 aliphatic rings. The summed E-state index contributed by atoms with van der Waals surface area (Å²) in [6.45, 7) is 0.720. The minimum absolute atomic E-state index is 0.316. The number of hydrogen-bond donors (Lipinski definition) is 0. The summed E-state index contributed by atoms with van der Waals surface area (Å²) in [6, 6.07) is 22.7. The van der Waals surface area contributed by atoms with Gasteiger partial charge in [-0.2, -0.15) is 0 Å². The van der Waals surface area contributed by atoms with Crippen LogP contribution in [0.1, 0.15) is 5.69 Å². The predicted molar refractivity (Wildman–Crippen MR) is 107 cm³/mol. The van der Waals surface area contributed by atoms with Crippen LogP contribution in [-0.2, 0) is 13.0 Å². The van der Waals surface area contributed by atoms with Crippen molar-refractivity contribution in [2.75, 3.05) is 0 Å². The Morgan fingerprint density at radius 2 is 1.70 bits per heavy atom. The Balaban J connectivity index is 1.77. The zero-order chi connectivity index (χ0) is 18.5. The van der Waals surface area contributed by atoms with Gasteiger partial charge < -0.3 is 4.57 Å². The molecule has 27 heavy (non-hydrogen) atoms. The van der Waals surface area contributed by atoms with Gasteiger partial charge in [0.25, 0.3) is 0 Å². The van der Waals surface area contributed by atoms with E-state index in [-0.39, 0.29) is 5.82 Å². The van der Waals surface area contributed by atoms with E-state index in [1.165, 1.54) is 17.4 Å². The molecule has 0 fully saturated rings. The largest absolute Gasteiger partial charge is 0.316 e. The third kappa shape index (κ3) is 4.04. The molecule has 0 unspecified atom stereocenters. The molecule has 4 aromatic rings. The van der Waals surface area contributed by atoms with Gasteiger partial charge in [-0.15, -0.1) is 11.3 Å².